The molecule has 164 valence electrons. The number of methoxy groups -OCH3 is 1. The minimum absolute atomic E-state index is 0.0871. The topological polar surface area (TPSA) is 102 Å². The van der Waals surface area contributed by atoms with Crippen molar-refractivity contribution in [3.8, 4) is 5.75 Å². The second-order valence-electron chi connectivity index (χ2n) is 7.18. The van der Waals surface area contributed by atoms with Gasteiger partial charge in [-0.25, -0.2) is 0 Å². The van der Waals surface area contributed by atoms with E-state index in [2.05, 4.69) is 5.32 Å². The first kappa shape index (κ1) is 22.5. The summed E-state index contributed by atoms with van der Waals surface area (Å²) in [4.78, 5) is 37.6. The molecule has 0 aliphatic carbocycles. The number of amides is 2. The number of benzene rings is 3. The lowest BCUT2D eigenvalue weighted by Gasteiger charge is -2.26. The fraction of sp³-hybridized carbons (Fsp3) is 0.167. The van der Waals surface area contributed by atoms with Gasteiger partial charge in [0.05, 0.1) is 18.1 Å². The third-order valence-electron chi connectivity index (χ3n) is 5.19. The molecule has 3 aromatic carbocycles. The number of nitrogens with zero attached hydrogens (tertiary/aromatic N) is 2. The summed E-state index contributed by atoms with van der Waals surface area (Å²) in [5.41, 5.74) is 1.85. The fourth-order valence-electron chi connectivity index (χ4n) is 3.24. The number of nitrogens with one attached hydrogen (secondary N) is 1. The van der Waals surface area contributed by atoms with Crippen molar-refractivity contribution in [2.45, 2.75) is 13.0 Å². The molecule has 8 heteroatoms. The average molecular weight is 433 g/mol. The van der Waals surface area contributed by atoms with Crippen LogP contribution in [0, 0.1) is 10.1 Å². The maximum Gasteiger partial charge on any atom is 0.311 e. The van der Waals surface area contributed by atoms with E-state index in [9.17, 15) is 19.7 Å². The summed E-state index contributed by atoms with van der Waals surface area (Å²) in [5, 5.41) is 14.1. The molecule has 0 radical (unpaired) electrons. The molecule has 0 saturated heterocycles. The van der Waals surface area contributed by atoms with Crippen LogP contribution in [0.25, 0.3) is 0 Å². The lowest BCUT2D eigenvalue weighted by molar-refractivity contribution is -0.385. The van der Waals surface area contributed by atoms with Crippen LogP contribution in [0.4, 0.5) is 11.4 Å². The van der Waals surface area contributed by atoms with Crippen molar-refractivity contribution < 1.29 is 19.2 Å². The second kappa shape index (κ2) is 9.74. The zero-order valence-corrected chi connectivity index (χ0v) is 17.9. The number of carbonyl (C=O) groups excluding carboxylic acids is 2. The van der Waals surface area contributed by atoms with Crippen LogP contribution in [0.1, 0.15) is 39.2 Å². The Kier molecular flexibility index (Phi) is 6.84. The van der Waals surface area contributed by atoms with Gasteiger partial charge in [0.1, 0.15) is 0 Å². The smallest absolute Gasteiger partial charge is 0.311 e. The molecule has 32 heavy (non-hydrogen) atoms. The molecule has 0 fully saturated rings. The van der Waals surface area contributed by atoms with Gasteiger partial charge < -0.3 is 15.0 Å². The van der Waals surface area contributed by atoms with Gasteiger partial charge in [0.15, 0.2) is 5.75 Å². The molecule has 0 aliphatic heterocycles. The van der Waals surface area contributed by atoms with Crippen LogP contribution in [0.2, 0.25) is 0 Å². The van der Waals surface area contributed by atoms with E-state index in [0.717, 1.165) is 5.56 Å². The minimum atomic E-state index is -0.585. The highest BCUT2D eigenvalue weighted by atomic mass is 16.6. The molecule has 0 heterocycles. The first-order valence-corrected chi connectivity index (χ1v) is 9.87. The van der Waals surface area contributed by atoms with Crippen molar-refractivity contribution in [2.24, 2.45) is 0 Å². The molecule has 0 spiro atoms. The van der Waals surface area contributed by atoms with Crippen molar-refractivity contribution in [2.75, 3.05) is 19.5 Å². The van der Waals surface area contributed by atoms with E-state index < -0.39 is 4.92 Å². The number of nitro groups is 1. The fourth-order valence-corrected chi connectivity index (χ4v) is 3.24. The number of nitro benzene ring substituents is 1. The van der Waals surface area contributed by atoms with Crippen LogP contribution in [-0.4, -0.2) is 35.8 Å². The van der Waals surface area contributed by atoms with E-state index in [-0.39, 0.29) is 34.9 Å². The molecular weight excluding hydrogens is 410 g/mol. The largest absolute Gasteiger partial charge is 0.490 e. The SMILES string of the molecule is COc1ccc(C(=O)N(C)[C@H](C)c2cccc(NC(=O)c3ccccc3)c2)cc1[N+](=O)[O-]. The van der Waals surface area contributed by atoms with Crippen LogP contribution in [0.15, 0.2) is 72.8 Å². The van der Waals surface area contributed by atoms with E-state index in [1.54, 1.807) is 49.5 Å². The molecular formula is C24H23N3O5. The average Bonchev–Trinajstić information content (AvgIpc) is 2.82. The Labute approximate surface area is 185 Å². The van der Waals surface area contributed by atoms with Gasteiger partial charge in [-0.3, -0.25) is 19.7 Å². The third-order valence-corrected chi connectivity index (χ3v) is 5.19. The van der Waals surface area contributed by atoms with Gasteiger partial charge in [-0.2, -0.15) is 0 Å². The monoisotopic (exact) mass is 433 g/mol. The lowest BCUT2D eigenvalue weighted by Crippen LogP contribution is -2.29. The highest BCUT2D eigenvalue weighted by Crippen LogP contribution is 2.29. The van der Waals surface area contributed by atoms with Crippen LogP contribution in [0.3, 0.4) is 0 Å². The first-order valence-electron chi connectivity index (χ1n) is 9.87. The van der Waals surface area contributed by atoms with E-state index in [1.165, 1.54) is 30.2 Å². The zero-order chi connectivity index (χ0) is 23.3. The zero-order valence-electron chi connectivity index (χ0n) is 17.9. The van der Waals surface area contributed by atoms with Gasteiger partial charge in [-0.1, -0.05) is 30.3 Å². The summed E-state index contributed by atoms with van der Waals surface area (Å²) in [7, 11) is 2.96. The molecule has 0 aromatic heterocycles. The van der Waals surface area contributed by atoms with E-state index >= 15 is 0 Å². The predicted molar refractivity (Wildman–Crippen MR) is 121 cm³/mol. The van der Waals surface area contributed by atoms with Crippen molar-refractivity contribution in [3.05, 3.63) is 99.6 Å². The molecule has 8 nitrogen and oxygen atoms in total. The van der Waals surface area contributed by atoms with Gasteiger partial charge in [-0.05, 0) is 48.9 Å². The Morgan fingerprint density at radius 2 is 1.72 bits per heavy atom. The number of hydrogen-bond donors (Lipinski definition) is 1. The first-order chi connectivity index (χ1) is 15.3. The lowest BCUT2D eigenvalue weighted by atomic mass is 10.0. The molecule has 1 N–H and O–H groups in total. The number of rotatable bonds is 7. The summed E-state index contributed by atoms with van der Waals surface area (Å²) < 4.78 is 4.99. The summed E-state index contributed by atoms with van der Waals surface area (Å²) in [5.74, 6) is -0.517. The number of anilines is 1. The van der Waals surface area contributed by atoms with E-state index in [0.29, 0.717) is 11.3 Å². The minimum Gasteiger partial charge on any atom is -0.490 e. The second-order valence-corrected chi connectivity index (χ2v) is 7.18. The molecule has 0 bridgehead atoms. The van der Waals surface area contributed by atoms with Gasteiger partial charge in [0.25, 0.3) is 11.8 Å². The number of ether oxygens (including phenoxy) is 1. The maximum atomic E-state index is 13.0. The van der Waals surface area contributed by atoms with Crippen molar-refractivity contribution in [1.29, 1.82) is 0 Å². The Bertz CT molecular complexity index is 1150. The maximum absolute atomic E-state index is 13.0. The molecule has 3 rings (SSSR count). The van der Waals surface area contributed by atoms with Gasteiger partial charge in [0.2, 0.25) is 0 Å². The third kappa shape index (κ3) is 4.92. The summed E-state index contributed by atoms with van der Waals surface area (Å²) in [6.07, 6.45) is 0. The molecule has 0 aliphatic rings. The van der Waals surface area contributed by atoms with Gasteiger partial charge in [0, 0.05) is 29.9 Å². The Balaban J connectivity index is 1.78. The molecule has 3 aromatic rings. The quantitative estimate of drug-likeness (QED) is 0.430. The predicted octanol–water partition coefficient (Wildman–Crippen LogP) is 4.69. The van der Waals surface area contributed by atoms with Gasteiger partial charge in [-0.15, -0.1) is 0 Å². The Morgan fingerprint density at radius 1 is 1.00 bits per heavy atom. The van der Waals surface area contributed by atoms with Gasteiger partial charge >= 0.3 is 5.69 Å². The molecule has 0 saturated carbocycles. The summed E-state index contributed by atoms with van der Waals surface area (Å²) in [6.45, 7) is 1.84. The van der Waals surface area contributed by atoms with Crippen LogP contribution < -0.4 is 10.1 Å². The normalized spacial score (nSPS) is 11.3. The standard InChI is InChI=1S/C24H23N3O5/c1-16(26(2)24(29)19-12-13-22(32-3)21(15-19)27(30)31)18-10-7-11-20(14-18)25-23(28)17-8-5-4-6-9-17/h4-16H,1-3H3,(H,25,28)/t16-/m1/s1. The number of hydrogen-bond acceptors (Lipinski definition) is 5. The van der Waals surface area contributed by atoms with Crippen molar-refractivity contribution >= 4 is 23.2 Å². The molecule has 1 atom stereocenters. The Morgan fingerprint density at radius 3 is 2.38 bits per heavy atom. The van der Waals surface area contributed by atoms with Crippen molar-refractivity contribution in [3.63, 3.8) is 0 Å². The van der Waals surface area contributed by atoms with Crippen LogP contribution in [0.5, 0.6) is 5.75 Å². The number of carbonyl (C=O) groups is 2. The highest BCUT2D eigenvalue weighted by Gasteiger charge is 2.23. The van der Waals surface area contributed by atoms with Crippen LogP contribution in [-0.2, 0) is 0 Å². The summed E-state index contributed by atoms with van der Waals surface area (Å²) >= 11 is 0. The van der Waals surface area contributed by atoms with Crippen molar-refractivity contribution in [1.82, 2.24) is 4.90 Å². The Hall–Kier alpha value is -4.20. The summed E-state index contributed by atoms with van der Waals surface area (Å²) in [6, 6.07) is 19.8. The molecule has 2 amide bonds. The highest BCUT2D eigenvalue weighted by molar-refractivity contribution is 6.04. The van der Waals surface area contributed by atoms with E-state index in [4.69, 9.17) is 4.74 Å². The van der Waals surface area contributed by atoms with E-state index in [1.807, 2.05) is 19.1 Å². The molecule has 0 unspecified atom stereocenters. The van der Waals surface area contributed by atoms with Crippen LogP contribution >= 0.6 is 0 Å².